The van der Waals surface area contributed by atoms with Gasteiger partial charge in [-0.3, -0.25) is 36.5 Å². The Labute approximate surface area is 644 Å². The van der Waals surface area contributed by atoms with Crippen LogP contribution in [-0.2, 0) is 116 Å². The number of unbranched alkanes of at least 4 members (excludes halogenated alkanes) is 9. The Morgan fingerprint density at radius 2 is 0.782 bits per heavy atom. The highest BCUT2D eigenvalue weighted by molar-refractivity contribution is 7.50. The number of ether oxygens (including phenoxy) is 10. The molecule has 40 nitrogen and oxygen atoms in total. The lowest BCUT2D eigenvalue weighted by molar-refractivity contribution is -0.282. The molecule has 656 valence electrons. The van der Waals surface area contributed by atoms with Crippen LogP contribution < -0.4 is 15.1 Å². The van der Waals surface area contributed by atoms with E-state index in [2.05, 4.69) is 5.32 Å². The summed E-state index contributed by atoms with van der Waals surface area (Å²) in [6, 6.07) is -1.12. The van der Waals surface area contributed by atoms with Gasteiger partial charge in [-0.05, 0) is 71.6 Å². The van der Waals surface area contributed by atoms with Crippen molar-refractivity contribution in [2.45, 2.75) is 250 Å². The van der Waals surface area contributed by atoms with Gasteiger partial charge in [0.1, 0.15) is 68.6 Å². The van der Waals surface area contributed by atoms with E-state index in [4.69, 9.17) is 88.1 Å². The molecule has 12 unspecified atom stereocenters. The molecule has 24 atom stereocenters. The van der Waals surface area contributed by atoms with E-state index in [0.717, 1.165) is 6.92 Å². The molecule has 4 saturated heterocycles. The molecule has 4 aliphatic rings. The van der Waals surface area contributed by atoms with Crippen molar-refractivity contribution in [3.05, 3.63) is 0 Å². The fourth-order valence-corrected chi connectivity index (χ4v) is 15.5. The van der Waals surface area contributed by atoms with Crippen LogP contribution in [0.4, 0.5) is 4.39 Å². The van der Waals surface area contributed by atoms with Gasteiger partial charge in [-0.2, -0.15) is 0 Å². The summed E-state index contributed by atoms with van der Waals surface area (Å²) >= 11 is 0. The quantitative estimate of drug-likeness (QED) is 0.0307. The molecule has 0 aromatic heterocycles. The minimum Gasteiger partial charge on any atom is -0.779 e. The zero-order valence-electron chi connectivity index (χ0n) is 62.1. The predicted molar refractivity (Wildman–Crippen MR) is 382 cm³/mol. The maximum atomic E-state index is 15.7. The number of carbonyl (C=O) groups excluding carboxylic acids is 1. The molecule has 1 amide bonds. The molecule has 4 fully saturated rings. The second-order valence-electron chi connectivity index (χ2n) is 27.3. The lowest BCUT2D eigenvalue weighted by Crippen LogP contribution is -2.64. The second-order valence-corrected chi connectivity index (χ2v) is 34.8. The van der Waals surface area contributed by atoms with Crippen molar-refractivity contribution in [1.82, 2.24) is 5.32 Å². The summed E-state index contributed by atoms with van der Waals surface area (Å²) in [5.41, 5.74) is -4.10. The monoisotopic (exact) mass is 1710 g/mol. The number of carbonyl (C=O) groups is 1. The van der Waals surface area contributed by atoms with Crippen molar-refractivity contribution in [1.29, 1.82) is 0 Å². The maximum absolute atomic E-state index is 15.7. The molecule has 0 aliphatic carbocycles. The SMILES string of the molecule is C.C.CC(=O)NC1[C@H](OCCCCCCOP(=O)(O)OCCCOCC(COCCCOP(=O)(O)OCCCCCCO[C@@H]2OC(CO)[C@H](O)[C@H](O)C2C)(COCCCOP(=O)(O)OCCCCCCO[C@@H]2OC(CO)[C@H](O)[C@H](O)C2C)COP(=O)([O-])OC[C@H]2O[C@@H](C)C(C)(F)[C@@H]2OP(C)(=O)[O-])OC(CO)[C@H](O)[C@@H]1O. The second kappa shape index (κ2) is 53.0. The summed E-state index contributed by atoms with van der Waals surface area (Å²) in [7, 11) is -23.9. The van der Waals surface area contributed by atoms with E-state index in [-0.39, 0.29) is 107 Å². The van der Waals surface area contributed by atoms with Crippen LogP contribution in [0.1, 0.15) is 146 Å². The minimum atomic E-state index is -5.50. The van der Waals surface area contributed by atoms with Crippen molar-refractivity contribution < 1.29 is 191 Å². The van der Waals surface area contributed by atoms with Crippen molar-refractivity contribution in [2.24, 2.45) is 17.3 Å². The Balaban J connectivity index is 0.0000205. The van der Waals surface area contributed by atoms with Gasteiger partial charge >= 0.3 is 23.5 Å². The summed E-state index contributed by atoms with van der Waals surface area (Å²) < 4.78 is 183. The number of aliphatic hydroxyl groups excluding tert-OH is 9. The van der Waals surface area contributed by atoms with Crippen LogP contribution >= 0.6 is 38.9 Å². The van der Waals surface area contributed by atoms with Crippen LogP contribution in [0, 0.1) is 17.3 Å². The maximum Gasteiger partial charge on any atom is 0.472 e. The van der Waals surface area contributed by atoms with Crippen LogP contribution in [0.3, 0.4) is 0 Å². The highest BCUT2D eigenvalue weighted by atomic mass is 31.2. The molecular weight excluding hydrogens is 1580 g/mol. The Hall–Kier alpha value is -0.770. The molecule has 0 aromatic rings. The Kier molecular flexibility index (Phi) is 50.7. The highest BCUT2D eigenvalue weighted by Gasteiger charge is 2.55. The fourth-order valence-electron chi connectivity index (χ4n) is 11.5. The highest BCUT2D eigenvalue weighted by Crippen LogP contribution is 2.49. The van der Waals surface area contributed by atoms with E-state index in [9.17, 15) is 98.0 Å². The third-order valence-electron chi connectivity index (χ3n) is 17.9. The van der Waals surface area contributed by atoms with Crippen molar-refractivity contribution in [2.75, 3.05) is 139 Å². The van der Waals surface area contributed by atoms with Gasteiger partial charge in [0, 0.05) is 65.1 Å². The molecule has 110 heavy (non-hydrogen) atoms. The first-order valence-corrected chi connectivity index (χ1v) is 44.3. The number of rotatable bonds is 60. The van der Waals surface area contributed by atoms with E-state index >= 15 is 4.39 Å². The number of phosphoric ester groups is 4. The van der Waals surface area contributed by atoms with E-state index in [1.807, 2.05) is 0 Å². The zero-order chi connectivity index (χ0) is 80.4. The molecule has 4 heterocycles. The van der Waals surface area contributed by atoms with Gasteiger partial charge < -0.3 is 141 Å². The average molecular weight is 1710 g/mol. The molecular formula is C64H127FNO39P5-2. The van der Waals surface area contributed by atoms with Crippen LogP contribution in [0.2, 0.25) is 0 Å². The van der Waals surface area contributed by atoms with E-state index in [0.29, 0.717) is 83.7 Å². The number of nitrogens with one attached hydrogen (secondary N) is 1. The third kappa shape index (κ3) is 39.0. The molecule has 0 saturated carbocycles. The number of halogens is 1. The predicted octanol–water partition coefficient (Wildman–Crippen LogP) is 2.28. The standard InChI is InChI=1S/C62H121FNO39P5.2CH4/c1-42-51(69)53(71)46(34-65)100-58(42)88-25-13-7-10-16-28-91-105(77,78)94-31-19-22-85-38-62(41-98-108(83,84)97-37-49-57(103-104(6,75)76)61(5,63)44(3)99-49,39-86-23-20-32-95-106(79,80)92-29-17-11-8-14-26-89-59-43(2)52(70)54(72)47(35-66)101-59)40-87-24-21-33-96-107(81,82)93-30-18-12-9-15-27-90-60-50(64-45(4)68)56(74)55(73)48(36-67)102-60;;/h42-44,46-60,65-67,69-74H,7-41H2,1-6H3,(H,64,68)(H,75,76)(H,77,78)(H,79,80)(H,81,82)(H,83,84);2*1H4/p-2/t42?,43?,44-,46?,47?,48?,49+,50?,51+,52+,53-,54-,55-,56+,57+,58+,59+,60+,61?,62?;;/m0../s1. The molecule has 0 radical (unpaired) electrons. The molecule has 0 bridgehead atoms. The molecule has 13 N–H and O–H groups in total. The van der Waals surface area contributed by atoms with Gasteiger partial charge in [-0.15, -0.1) is 0 Å². The molecule has 4 aliphatic heterocycles. The molecule has 46 heteroatoms. The van der Waals surface area contributed by atoms with Crippen LogP contribution in [0.15, 0.2) is 0 Å². The molecule has 0 aromatic carbocycles. The fraction of sp³-hybridized carbons (Fsp3) is 0.984. The Morgan fingerprint density at radius 1 is 0.455 bits per heavy atom. The summed E-state index contributed by atoms with van der Waals surface area (Å²) in [5.74, 6) is -1.64. The van der Waals surface area contributed by atoms with Gasteiger partial charge in [-0.1, -0.05) is 67.2 Å². The normalized spacial score (nSPS) is 31.9. The minimum absolute atomic E-state index is 0. The summed E-state index contributed by atoms with van der Waals surface area (Å²) in [4.78, 5) is 68.8. The van der Waals surface area contributed by atoms with Crippen molar-refractivity contribution >= 4 is 44.8 Å². The number of amides is 1. The largest absolute Gasteiger partial charge is 0.779 e. The summed E-state index contributed by atoms with van der Waals surface area (Å²) in [6.07, 6.45) is -12.9. The van der Waals surface area contributed by atoms with E-state index < -0.39 is 225 Å². The number of alkyl halides is 1. The molecule has 0 spiro atoms. The van der Waals surface area contributed by atoms with E-state index in [1.54, 1.807) is 13.8 Å². The lowest BCUT2D eigenvalue weighted by Gasteiger charge is -2.42. The zero-order valence-corrected chi connectivity index (χ0v) is 66.6. The average Bonchev–Trinajstić information content (AvgIpc) is 1.62. The van der Waals surface area contributed by atoms with Gasteiger partial charge in [-0.25, -0.2) is 18.1 Å². The summed E-state index contributed by atoms with van der Waals surface area (Å²) in [5, 5.41) is 92.4. The number of phosphoric acid groups is 4. The van der Waals surface area contributed by atoms with Gasteiger partial charge in [0.2, 0.25) is 5.91 Å². The van der Waals surface area contributed by atoms with Crippen LogP contribution in [-0.4, -0.2) is 309 Å². The van der Waals surface area contributed by atoms with Crippen molar-refractivity contribution in [3.63, 3.8) is 0 Å². The number of hydrogen-bond donors (Lipinski definition) is 13. The number of aliphatic hydroxyl groups is 9. The topological polar surface area (TPSA) is 579 Å². The van der Waals surface area contributed by atoms with Crippen LogP contribution in [0.5, 0.6) is 0 Å². The Bertz CT molecular complexity index is 2650. The first-order chi connectivity index (χ1) is 50.8. The van der Waals surface area contributed by atoms with Gasteiger partial charge in [0.15, 0.2) is 24.5 Å². The van der Waals surface area contributed by atoms with E-state index in [1.165, 1.54) is 13.8 Å². The molecule has 4 rings (SSSR count). The third-order valence-corrected chi connectivity index (χ3v) is 22.5. The first-order valence-electron chi connectivity index (χ1n) is 36.3. The van der Waals surface area contributed by atoms with Gasteiger partial charge in [0.05, 0.1) is 116 Å². The van der Waals surface area contributed by atoms with Gasteiger partial charge in [0.25, 0.3) is 7.82 Å². The first kappa shape index (κ1) is 105. The Morgan fingerprint density at radius 3 is 1.13 bits per heavy atom. The van der Waals surface area contributed by atoms with Crippen molar-refractivity contribution in [3.8, 4) is 0 Å². The van der Waals surface area contributed by atoms with Crippen LogP contribution in [0.25, 0.3) is 0 Å². The summed E-state index contributed by atoms with van der Waals surface area (Å²) in [6.45, 7) is 0.669. The number of hydrogen-bond acceptors (Lipinski definition) is 36. The smallest absolute Gasteiger partial charge is 0.472 e. The lowest BCUT2D eigenvalue weighted by atomic mass is 9.92.